The van der Waals surface area contributed by atoms with Crippen molar-refractivity contribution in [3.8, 4) is 11.3 Å². The summed E-state index contributed by atoms with van der Waals surface area (Å²) in [4.78, 5) is 5.54. The highest BCUT2D eigenvalue weighted by Crippen LogP contribution is 2.29. The van der Waals surface area contributed by atoms with E-state index in [0.29, 0.717) is 5.89 Å². The Morgan fingerprint density at radius 1 is 1.19 bits per heavy atom. The third kappa shape index (κ3) is 3.28. The maximum atomic E-state index is 5.97. The molecule has 0 saturated heterocycles. The number of rotatable bonds is 4. The van der Waals surface area contributed by atoms with Gasteiger partial charge in [0.15, 0.2) is 5.89 Å². The summed E-state index contributed by atoms with van der Waals surface area (Å²) in [6.07, 6.45) is 1.67. The highest BCUT2D eigenvalue weighted by molar-refractivity contribution is 7.16. The molecule has 3 nitrogen and oxygen atoms in total. The molecule has 3 aromatic rings. The first-order valence-corrected chi connectivity index (χ1v) is 7.85. The van der Waals surface area contributed by atoms with Crippen LogP contribution < -0.4 is 5.32 Å². The fraction of sp³-hybridized carbons (Fsp3) is 0.188. The molecule has 0 fully saturated rings. The van der Waals surface area contributed by atoms with Gasteiger partial charge in [-0.1, -0.05) is 23.7 Å². The molecule has 108 valence electrons. The first-order valence-electron chi connectivity index (χ1n) is 6.66. The summed E-state index contributed by atoms with van der Waals surface area (Å²) < 4.78 is 6.05. The molecule has 0 radical (unpaired) electrons. The van der Waals surface area contributed by atoms with Crippen LogP contribution in [0.3, 0.4) is 0 Å². The first kappa shape index (κ1) is 14.2. The fourth-order valence-electron chi connectivity index (χ4n) is 2.12. The molecule has 2 aromatic heterocycles. The lowest BCUT2D eigenvalue weighted by Crippen LogP contribution is -2.04. The summed E-state index contributed by atoms with van der Waals surface area (Å²) in [5.41, 5.74) is 2.97. The monoisotopic (exact) mass is 318 g/mol. The number of hydrogen-bond acceptors (Lipinski definition) is 4. The highest BCUT2D eigenvalue weighted by Gasteiger charge is 2.09. The van der Waals surface area contributed by atoms with E-state index in [2.05, 4.69) is 23.3 Å². The lowest BCUT2D eigenvalue weighted by Gasteiger charge is -2.13. The van der Waals surface area contributed by atoms with E-state index in [1.165, 1.54) is 4.88 Å². The molecule has 3 rings (SSSR count). The van der Waals surface area contributed by atoms with E-state index in [1.54, 1.807) is 17.6 Å². The fourth-order valence-corrected chi connectivity index (χ4v) is 3.18. The van der Waals surface area contributed by atoms with Gasteiger partial charge < -0.3 is 9.73 Å². The van der Waals surface area contributed by atoms with Gasteiger partial charge in [-0.25, -0.2) is 4.98 Å². The Bertz CT molecular complexity index is 733. The summed E-state index contributed by atoms with van der Waals surface area (Å²) in [5, 5.41) is 3.46. The van der Waals surface area contributed by atoms with Gasteiger partial charge in [0.25, 0.3) is 0 Å². The van der Waals surface area contributed by atoms with Gasteiger partial charge in [-0.2, -0.15) is 0 Å². The van der Waals surface area contributed by atoms with E-state index in [4.69, 9.17) is 16.0 Å². The van der Waals surface area contributed by atoms with Crippen LogP contribution in [0.25, 0.3) is 11.3 Å². The Kier molecular flexibility index (Phi) is 3.99. The van der Waals surface area contributed by atoms with Gasteiger partial charge in [0, 0.05) is 23.1 Å². The number of aryl methyl sites for hydroxylation is 1. The minimum atomic E-state index is 0.225. The Hall–Kier alpha value is -1.78. The van der Waals surface area contributed by atoms with Crippen LogP contribution in [-0.2, 0) is 0 Å². The molecule has 0 aliphatic rings. The lowest BCUT2D eigenvalue weighted by atomic mass is 10.1. The summed E-state index contributed by atoms with van der Waals surface area (Å²) in [6.45, 7) is 3.96. The molecule has 0 aliphatic carbocycles. The van der Waals surface area contributed by atoms with Gasteiger partial charge in [0.05, 0.1) is 10.4 Å². The van der Waals surface area contributed by atoms with Crippen molar-refractivity contribution >= 4 is 28.6 Å². The molecule has 5 heteroatoms. The summed E-state index contributed by atoms with van der Waals surface area (Å²) in [5.74, 6) is 0.676. The van der Waals surface area contributed by atoms with Crippen LogP contribution in [0.1, 0.15) is 23.7 Å². The molecule has 0 aliphatic heterocycles. The molecule has 1 unspecified atom stereocenters. The summed E-state index contributed by atoms with van der Waals surface area (Å²) in [6, 6.07) is 12.4. The van der Waals surface area contributed by atoms with Crippen LogP contribution in [0.4, 0.5) is 5.69 Å². The second-order valence-corrected chi connectivity index (χ2v) is 6.58. The topological polar surface area (TPSA) is 38.1 Å². The Labute approximate surface area is 132 Å². The van der Waals surface area contributed by atoms with E-state index >= 15 is 0 Å². The molecule has 0 saturated carbocycles. The van der Waals surface area contributed by atoms with Crippen molar-refractivity contribution in [3.63, 3.8) is 0 Å². The second kappa shape index (κ2) is 5.92. The number of nitrogens with one attached hydrogen (secondary N) is 1. The lowest BCUT2D eigenvalue weighted by molar-refractivity contribution is 0.521. The number of thiophene rings is 1. The third-order valence-corrected chi connectivity index (χ3v) is 4.62. The zero-order valence-electron chi connectivity index (χ0n) is 11.8. The van der Waals surface area contributed by atoms with Crippen molar-refractivity contribution in [1.82, 2.24) is 4.98 Å². The van der Waals surface area contributed by atoms with Crippen molar-refractivity contribution in [3.05, 3.63) is 57.8 Å². The normalized spacial score (nSPS) is 12.3. The number of halogens is 1. The minimum absolute atomic E-state index is 0.225. The maximum Gasteiger partial charge on any atom is 0.191 e. The number of anilines is 1. The zero-order valence-corrected chi connectivity index (χ0v) is 13.3. The largest absolute Gasteiger partial charge is 0.449 e. The van der Waals surface area contributed by atoms with Crippen LogP contribution >= 0.6 is 22.9 Å². The second-order valence-electron chi connectivity index (χ2n) is 4.84. The number of oxazole rings is 1. The first-order chi connectivity index (χ1) is 10.1. The highest BCUT2D eigenvalue weighted by atomic mass is 35.5. The van der Waals surface area contributed by atoms with Gasteiger partial charge in [0.1, 0.15) is 12.0 Å². The van der Waals surface area contributed by atoms with Gasteiger partial charge in [-0.15, -0.1) is 11.3 Å². The Morgan fingerprint density at radius 3 is 2.52 bits per heavy atom. The number of aromatic nitrogens is 1. The SMILES string of the molecule is Cc1nc(-c2ccc(NC(C)c3ccc(Cl)s3)cc2)co1. The molecule has 1 aromatic carbocycles. The van der Waals surface area contributed by atoms with E-state index in [-0.39, 0.29) is 6.04 Å². The van der Waals surface area contributed by atoms with Crippen LogP contribution in [0.2, 0.25) is 4.34 Å². The standard InChI is InChI=1S/C16H15ClN2OS/c1-10(15-7-8-16(17)21-15)18-13-5-3-12(4-6-13)14-9-20-11(2)19-14/h3-10,18H,1-2H3. The minimum Gasteiger partial charge on any atom is -0.449 e. The van der Waals surface area contributed by atoms with Gasteiger partial charge in [-0.3, -0.25) is 0 Å². The molecule has 1 atom stereocenters. The van der Waals surface area contributed by atoms with Crippen LogP contribution in [0.15, 0.2) is 47.1 Å². The molecule has 0 spiro atoms. The number of benzene rings is 1. The average Bonchev–Trinajstić information content (AvgIpc) is 3.08. The molecule has 1 N–H and O–H groups in total. The van der Waals surface area contributed by atoms with E-state index in [0.717, 1.165) is 21.3 Å². The average molecular weight is 319 g/mol. The predicted octanol–water partition coefficient (Wildman–Crippen LogP) is 5.54. The van der Waals surface area contributed by atoms with Crippen LogP contribution in [0, 0.1) is 6.92 Å². The predicted molar refractivity (Wildman–Crippen MR) is 88.0 cm³/mol. The summed E-state index contributed by atoms with van der Waals surface area (Å²) >= 11 is 7.57. The Morgan fingerprint density at radius 2 is 1.95 bits per heavy atom. The van der Waals surface area contributed by atoms with Crippen molar-refractivity contribution < 1.29 is 4.42 Å². The molecule has 2 heterocycles. The smallest absolute Gasteiger partial charge is 0.191 e. The number of hydrogen-bond donors (Lipinski definition) is 1. The number of nitrogens with zero attached hydrogens (tertiary/aromatic N) is 1. The van der Waals surface area contributed by atoms with Crippen molar-refractivity contribution in [2.75, 3.05) is 5.32 Å². The molecule has 0 bridgehead atoms. The van der Waals surface area contributed by atoms with Crippen molar-refractivity contribution in [2.45, 2.75) is 19.9 Å². The van der Waals surface area contributed by atoms with E-state index in [9.17, 15) is 0 Å². The zero-order chi connectivity index (χ0) is 14.8. The van der Waals surface area contributed by atoms with Gasteiger partial charge >= 0.3 is 0 Å². The van der Waals surface area contributed by atoms with Crippen LogP contribution in [-0.4, -0.2) is 4.98 Å². The van der Waals surface area contributed by atoms with Gasteiger partial charge in [0.2, 0.25) is 0 Å². The van der Waals surface area contributed by atoms with Gasteiger partial charge in [-0.05, 0) is 31.2 Å². The van der Waals surface area contributed by atoms with E-state index < -0.39 is 0 Å². The van der Waals surface area contributed by atoms with Crippen molar-refractivity contribution in [2.24, 2.45) is 0 Å². The molecular formula is C16H15ClN2OS. The Balaban J connectivity index is 1.72. The molecule has 0 amide bonds. The summed E-state index contributed by atoms with van der Waals surface area (Å²) in [7, 11) is 0. The third-order valence-electron chi connectivity index (χ3n) is 3.20. The molecular weight excluding hydrogens is 304 g/mol. The quantitative estimate of drug-likeness (QED) is 0.686. The van der Waals surface area contributed by atoms with Crippen LogP contribution in [0.5, 0.6) is 0 Å². The maximum absolute atomic E-state index is 5.97. The van der Waals surface area contributed by atoms with E-state index in [1.807, 2.05) is 37.3 Å². The van der Waals surface area contributed by atoms with Crippen molar-refractivity contribution in [1.29, 1.82) is 0 Å². The molecule has 21 heavy (non-hydrogen) atoms.